The molecule has 0 saturated carbocycles. The van der Waals surface area contributed by atoms with E-state index in [-0.39, 0.29) is 7.35 Å². The van der Waals surface area contributed by atoms with Crippen molar-refractivity contribution in [2.75, 3.05) is 0 Å². The Kier molecular flexibility index (Phi) is 9.93. The number of rotatable bonds is 9. The van der Waals surface area contributed by atoms with Gasteiger partial charge >= 0.3 is 302 Å². The Morgan fingerprint density at radius 1 is 0.562 bits per heavy atom. The molecule has 2 unspecified atom stereocenters. The third kappa shape index (κ3) is 5.85. The molecule has 0 aromatic heterocycles. The molecule has 0 radical (unpaired) electrons. The number of benzene rings is 4. The van der Waals surface area contributed by atoms with E-state index in [0.29, 0.717) is 11.8 Å². The van der Waals surface area contributed by atoms with Gasteiger partial charge in [-0.1, -0.05) is 0 Å². The van der Waals surface area contributed by atoms with Gasteiger partial charge in [0, 0.05) is 0 Å². The summed E-state index contributed by atoms with van der Waals surface area (Å²) in [5.74, 6) is -0.630. The second-order valence-corrected chi connectivity index (χ2v) is 75.3. The van der Waals surface area contributed by atoms with Crippen molar-refractivity contribution >= 4 is 35.3 Å². The van der Waals surface area contributed by atoms with Gasteiger partial charge in [-0.15, -0.1) is 0 Å². The molecule has 0 aliphatic heterocycles. The van der Waals surface area contributed by atoms with E-state index in [0.717, 1.165) is 12.8 Å². The summed E-state index contributed by atoms with van der Waals surface area (Å²) in [4.78, 5) is 0. The van der Waals surface area contributed by atoms with Crippen LogP contribution in [0.1, 0.15) is 92.4 Å². The topological polar surface area (TPSA) is 0 Å². The zero-order chi connectivity index (χ0) is 34.7. The van der Waals surface area contributed by atoms with Crippen molar-refractivity contribution in [2.45, 2.75) is 88.7 Å². The van der Waals surface area contributed by atoms with Gasteiger partial charge in [0.05, 0.1) is 0 Å². The van der Waals surface area contributed by atoms with Crippen LogP contribution in [0.15, 0.2) is 83.9 Å². The van der Waals surface area contributed by atoms with E-state index >= 15 is 0 Å². The summed E-state index contributed by atoms with van der Waals surface area (Å²) in [6, 6.07) is 27.4. The maximum atomic E-state index is 8.83. The zero-order valence-corrected chi connectivity index (χ0v) is 36.9. The van der Waals surface area contributed by atoms with E-state index in [4.69, 9.17) is 17.2 Å². The van der Waals surface area contributed by atoms with Crippen LogP contribution in [0.4, 0.5) is 0 Å². The normalized spacial score (nSPS) is 18.2. The summed E-state index contributed by atoms with van der Waals surface area (Å²) < 4.78 is 0.214. The molecule has 0 heterocycles. The fourth-order valence-corrected chi connectivity index (χ4v) is 53.3. The summed E-state index contributed by atoms with van der Waals surface area (Å²) in [6.07, 6.45) is 7.10. The van der Waals surface area contributed by atoms with Crippen LogP contribution < -0.4 is 0 Å². The van der Waals surface area contributed by atoms with Crippen molar-refractivity contribution in [3.05, 3.63) is 128 Å². The number of halogens is 2. The van der Waals surface area contributed by atoms with E-state index in [2.05, 4.69) is 153 Å². The molecule has 0 amide bonds. The molecule has 2 atom stereocenters. The SMILES string of the molecule is Cc1cccc(-c2cccc3c2C=C(CC(C)C)[CH]3[Hf]([Cl])([Cl])([CH]2C(CC(C)C)=Cc3c(-c4cccc(C)c4C)cccc32)[SiH](C)C)c1C. The average molecular weight is 859 g/mol. The summed E-state index contributed by atoms with van der Waals surface area (Å²) in [5.41, 5.74) is 19.0. The van der Waals surface area contributed by atoms with Crippen LogP contribution in [0, 0.1) is 39.5 Å². The maximum absolute atomic E-state index is 8.83. The van der Waals surface area contributed by atoms with Gasteiger partial charge in [-0.2, -0.15) is 0 Å². The first-order valence-corrected chi connectivity index (χ1v) is 40.2. The molecular weight excluding hydrogens is 806 g/mol. The van der Waals surface area contributed by atoms with Gasteiger partial charge in [-0.3, -0.25) is 0 Å². The molecule has 4 aromatic rings. The standard InChI is InChI=1S/2C21H23.C2H7Si.2ClH.Hf/c2*1-14(2)11-17-12-18-8-6-10-20(21(18)13-17)19-9-5-7-15(3)16(19)4;1-3-2;;;/h2*5-10,12-14H,11H2,1-4H3;3H,1-2H3;2*1H;/q;;;;;+2/p-2. The minimum absolute atomic E-state index is 0.107. The Hall–Kier alpha value is -1.97. The fraction of sp³-hybridized carbons (Fsp3) is 0.364. The van der Waals surface area contributed by atoms with Crippen LogP contribution >= 0.6 is 17.2 Å². The number of fused-ring (bicyclic) bond motifs is 2. The predicted molar refractivity (Wildman–Crippen MR) is 214 cm³/mol. The number of aryl methyl sites for hydroxylation is 2. The summed E-state index contributed by atoms with van der Waals surface area (Å²) >= 11 is -5.06. The van der Waals surface area contributed by atoms with Gasteiger partial charge in [-0.25, -0.2) is 0 Å². The molecule has 0 saturated heterocycles. The summed E-state index contributed by atoms with van der Waals surface area (Å²) in [7, 11) is 17.7. The van der Waals surface area contributed by atoms with E-state index in [9.17, 15) is 0 Å². The molecule has 0 fully saturated rings. The molecular formula is C44H53Cl2HfSi. The molecule has 0 spiro atoms. The first-order valence-electron chi connectivity index (χ1n) is 18.0. The molecule has 0 N–H and O–H groups in total. The van der Waals surface area contributed by atoms with Crippen molar-refractivity contribution < 1.29 is 15.3 Å². The van der Waals surface area contributed by atoms with E-state index in [1.165, 1.54) is 77.9 Å². The van der Waals surface area contributed by atoms with E-state index in [1.54, 1.807) is 0 Å². The Morgan fingerprint density at radius 2 is 0.917 bits per heavy atom. The third-order valence-electron chi connectivity index (χ3n) is 11.6. The average Bonchev–Trinajstić information content (AvgIpc) is 3.58. The molecule has 4 aromatic carbocycles. The van der Waals surface area contributed by atoms with Gasteiger partial charge in [-0.05, 0) is 0 Å². The molecule has 2 aliphatic rings. The Balaban J connectivity index is 1.64. The quantitative estimate of drug-likeness (QED) is 0.147. The number of hydrogen-bond acceptors (Lipinski definition) is 0. The molecule has 2 aliphatic carbocycles. The first kappa shape index (κ1) is 35.8. The number of hydrogen-bond donors (Lipinski definition) is 0. The summed E-state index contributed by atoms with van der Waals surface area (Å²) in [6.45, 7) is 23.3. The molecule has 0 nitrogen and oxygen atoms in total. The van der Waals surface area contributed by atoms with Gasteiger partial charge in [0.1, 0.15) is 0 Å². The summed E-state index contributed by atoms with van der Waals surface area (Å²) in [5, 5.41) is 0. The predicted octanol–water partition coefficient (Wildman–Crippen LogP) is 13.9. The molecule has 6 rings (SSSR count). The van der Waals surface area contributed by atoms with Gasteiger partial charge in [0.25, 0.3) is 0 Å². The van der Waals surface area contributed by atoms with Crippen molar-refractivity contribution in [3.8, 4) is 22.3 Å². The van der Waals surface area contributed by atoms with Gasteiger partial charge in [0.2, 0.25) is 0 Å². The molecule has 4 heteroatoms. The third-order valence-corrected chi connectivity index (χ3v) is 84.4. The van der Waals surface area contributed by atoms with Crippen LogP contribution in [0.3, 0.4) is 0 Å². The van der Waals surface area contributed by atoms with Crippen molar-refractivity contribution in [2.24, 2.45) is 11.8 Å². The monoisotopic (exact) mass is 859 g/mol. The van der Waals surface area contributed by atoms with Gasteiger partial charge in [0.15, 0.2) is 0 Å². The van der Waals surface area contributed by atoms with E-state index in [1.807, 2.05) is 0 Å². The van der Waals surface area contributed by atoms with Crippen LogP contribution in [-0.2, 0) is 15.3 Å². The van der Waals surface area contributed by atoms with Crippen LogP contribution in [0.5, 0.6) is 0 Å². The van der Waals surface area contributed by atoms with Crippen molar-refractivity contribution in [1.82, 2.24) is 0 Å². The second kappa shape index (κ2) is 13.3. The van der Waals surface area contributed by atoms with Crippen LogP contribution in [0.25, 0.3) is 34.4 Å². The van der Waals surface area contributed by atoms with Crippen LogP contribution in [0.2, 0.25) is 13.1 Å². The van der Waals surface area contributed by atoms with Crippen LogP contribution in [-0.4, -0.2) is 5.98 Å². The van der Waals surface area contributed by atoms with Crippen molar-refractivity contribution in [1.29, 1.82) is 0 Å². The Morgan fingerprint density at radius 3 is 1.27 bits per heavy atom. The Bertz CT molecular complexity index is 1830. The van der Waals surface area contributed by atoms with Gasteiger partial charge < -0.3 is 0 Å². The van der Waals surface area contributed by atoms with E-state index < -0.39 is 21.3 Å². The fourth-order valence-electron chi connectivity index (χ4n) is 8.92. The van der Waals surface area contributed by atoms with Crippen molar-refractivity contribution in [3.63, 3.8) is 0 Å². The number of allylic oxidation sites excluding steroid dienone is 2. The minimum atomic E-state index is -5.06. The molecule has 0 bridgehead atoms. The zero-order valence-electron chi connectivity index (χ0n) is 30.6. The first-order chi connectivity index (χ1) is 22.6. The molecule has 251 valence electrons. The molecule has 48 heavy (non-hydrogen) atoms. The Labute approximate surface area is 299 Å². The second-order valence-electron chi connectivity index (χ2n) is 16.0.